The number of fused-ring (bicyclic) bond motifs is 1. The Morgan fingerprint density at radius 2 is 2.07 bits per heavy atom. The van der Waals surface area contributed by atoms with E-state index in [1.807, 2.05) is 0 Å². The van der Waals surface area contributed by atoms with Crippen LogP contribution >= 0.6 is 0 Å². The summed E-state index contributed by atoms with van der Waals surface area (Å²) in [6, 6.07) is 0. The van der Waals surface area contributed by atoms with Gasteiger partial charge >= 0.3 is 5.97 Å². The minimum atomic E-state index is -3.30. The number of carbonyl (C=O) groups is 2. The van der Waals surface area contributed by atoms with Gasteiger partial charge in [0.2, 0.25) is 5.91 Å². The largest absolute Gasteiger partial charge is 0.481 e. The molecule has 0 aliphatic carbocycles. The summed E-state index contributed by atoms with van der Waals surface area (Å²) in [5.41, 5.74) is -1.25. The number of rotatable bonds is 1. The molecule has 15 heavy (non-hydrogen) atoms. The Labute approximate surface area is 86.8 Å². The maximum atomic E-state index is 11.4. The Bertz CT molecular complexity index is 442. The number of nitrogens with zero attached hydrogens (tertiary/aromatic N) is 1. The minimum Gasteiger partial charge on any atom is -0.481 e. The predicted molar refractivity (Wildman–Crippen MR) is 49.9 cm³/mol. The molecule has 1 N–H and O–H groups in total. The van der Waals surface area contributed by atoms with Crippen LogP contribution in [0.5, 0.6) is 0 Å². The van der Waals surface area contributed by atoms with Crippen LogP contribution in [-0.4, -0.2) is 54.4 Å². The lowest BCUT2D eigenvalue weighted by molar-refractivity contribution is -0.147. The van der Waals surface area contributed by atoms with Crippen LogP contribution in [0.15, 0.2) is 0 Å². The first-order chi connectivity index (χ1) is 6.79. The molecule has 2 saturated heterocycles. The van der Waals surface area contributed by atoms with Crippen LogP contribution in [-0.2, 0) is 19.4 Å². The average molecular weight is 233 g/mol. The smallest absolute Gasteiger partial charge is 0.313 e. The first kappa shape index (κ1) is 10.4. The highest BCUT2D eigenvalue weighted by molar-refractivity contribution is 7.93. The van der Waals surface area contributed by atoms with Gasteiger partial charge in [0.15, 0.2) is 9.84 Å². The minimum absolute atomic E-state index is 0.0154. The Morgan fingerprint density at radius 3 is 2.40 bits per heavy atom. The van der Waals surface area contributed by atoms with Gasteiger partial charge in [-0.1, -0.05) is 0 Å². The van der Waals surface area contributed by atoms with Crippen LogP contribution in [0.1, 0.15) is 6.92 Å². The molecule has 2 rings (SSSR count). The van der Waals surface area contributed by atoms with E-state index < -0.39 is 26.5 Å². The molecule has 7 heteroatoms. The summed E-state index contributed by atoms with van der Waals surface area (Å²) in [5.74, 6) is -1.74. The van der Waals surface area contributed by atoms with Gasteiger partial charge in [-0.25, -0.2) is 8.42 Å². The fourth-order valence-corrected chi connectivity index (χ4v) is 4.74. The van der Waals surface area contributed by atoms with Crippen LogP contribution in [0.3, 0.4) is 0 Å². The van der Waals surface area contributed by atoms with Gasteiger partial charge in [-0.15, -0.1) is 0 Å². The van der Waals surface area contributed by atoms with Crippen LogP contribution < -0.4 is 0 Å². The third-order valence-corrected chi connectivity index (χ3v) is 5.62. The van der Waals surface area contributed by atoms with Crippen LogP contribution in [0.25, 0.3) is 0 Å². The SMILES string of the molecule is CC(=O)N1C[C@@H]2[C@](C(=O)O)(C1)CS2(=O)=O. The zero-order valence-corrected chi connectivity index (χ0v) is 8.95. The summed E-state index contributed by atoms with van der Waals surface area (Å²) in [6.45, 7) is 1.35. The highest BCUT2D eigenvalue weighted by atomic mass is 32.2. The van der Waals surface area contributed by atoms with E-state index in [-0.39, 0.29) is 24.7 Å². The van der Waals surface area contributed by atoms with E-state index in [1.54, 1.807) is 0 Å². The van der Waals surface area contributed by atoms with Crippen molar-refractivity contribution in [2.45, 2.75) is 12.2 Å². The van der Waals surface area contributed by atoms with Crippen molar-refractivity contribution in [3.63, 3.8) is 0 Å². The summed E-state index contributed by atoms with van der Waals surface area (Å²) in [7, 11) is -3.30. The molecule has 1 amide bonds. The number of sulfone groups is 1. The van der Waals surface area contributed by atoms with Crippen molar-refractivity contribution in [2.75, 3.05) is 18.8 Å². The van der Waals surface area contributed by atoms with Crippen molar-refractivity contribution in [3.8, 4) is 0 Å². The highest BCUT2D eigenvalue weighted by Crippen LogP contribution is 2.46. The lowest BCUT2D eigenvalue weighted by atomic mass is 9.88. The van der Waals surface area contributed by atoms with Crippen molar-refractivity contribution in [1.82, 2.24) is 4.90 Å². The molecule has 2 heterocycles. The number of carboxylic acids is 1. The molecule has 0 aromatic carbocycles. The van der Waals surface area contributed by atoms with Crippen LogP contribution in [0, 0.1) is 5.41 Å². The maximum absolute atomic E-state index is 11.4. The van der Waals surface area contributed by atoms with E-state index in [1.165, 1.54) is 11.8 Å². The second kappa shape index (κ2) is 2.72. The van der Waals surface area contributed by atoms with Gasteiger partial charge in [0.05, 0.1) is 11.0 Å². The summed E-state index contributed by atoms with van der Waals surface area (Å²) in [5, 5.41) is 8.11. The average Bonchev–Trinajstić information content (AvgIpc) is 2.40. The molecule has 6 nitrogen and oxygen atoms in total. The second-order valence-electron chi connectivity index (χ2n) is 4.16. The monoisotopic (exact) mass is 233 g/mol. The number of likely N-dealkylation sites (tertiary alicyclic amines) is 1. The molecule has 2 fully saturated rings. The van der Waals surface area contributed by atoms with Gasteiger partial charge in [0.1, 0.15) is 5.41 Å². The van der Waals surface area contributed by atoms with Gasteiger partial charge in [-0.2, -0.15) is 0 Å². The zero-order chi connectivity index (χ0) is 11.4. The van der Waals surface area contributed by atoms with Crippen molar-refractivity contribution < 1.29 is 23.1 Å². The van der Waals surface area contributed by atoms with E-state index in [9.17, 15) is 18.0 Å². The molecule has 0 radical (unpaired) electrons. The van der Waals surface area contributed by atoms with Crippen molar-refractivity contribution in [3.05, 3.63) is 0 Å². The maximum Gasteiger partial charge on any atom is 0.313 e. The molecule has 0 bridgehead atoms. The normalized spacial score (nSPS) is 36.9. The second-order valence-corrected chi connectivity index (χ2v) is 6.34. The molecule has 84 valence electrons. The number of aliphatic carboxylic acids is 1. The Morgan fingerprint density at radius 1 is 1.47 bits per heavy atom. The van der Waals surface area contributed by atoms with E-state index >= 15 is 0 Å². The molecule has 0 spiro atoms. The van der Waals surface area contributed by atoms with E-state index in [2.05, 4.69) is 0 Å². The van der Waals surface area contributed by atoms with Gasteiger partial charge < -0.3 is 10.0 Å². The molecular weight excluding hydrogens is 222 g/mol. The first-order valence-electron chi connectivity index (χ1n) is 4.50. The molecular formula is C8H11NO5S. The molecule has 0 aromatic rings. The molecule has 0 unspecified atom stereocenters. The highest BCUT2D eigenvalue weighted by Gasteiger charge is 2.68. The van der Waals surface area contributed by atoms with Gasteiger partial charge in [0, 0.05) is 20.0 Å². The molecule has 2 aliphatic rings. The topological polar surface area (TPSA) is 91.8 Å². The number of hydrogen-bond acceptors (Lipinski definition) is 4. The lowest BCUT2D eigenvalue weighted by Gasteiger charge is -2.38. The fraction of sp³-hybridized carbons (Fsp3) is 0.750. The molecule has 0 saturated carbocycles. The third-order valence-electron chi connectivity index (χ3n) is 3.24. The summed E-state index contributed by atoms with van der Waals surface area (Å²) < 4.78 is 22.8. The Hall–Kier alpha value is -1.11. The Kier molecular flexibility index (Phi) is 1.89. The van der Waals surface area contributed by atoms with E-state index in [4.69, 9.17) is 5.11 Å². The zero-order valence-electron chi connectivity index (χ0n) is 8.13. The predicted octanol–water partition coefficient (Wildman–Crippen LogP) is -1.28. The van der Waals surface area contributed by atoms with Crippen molar-refractivity contribution >= 4 is 21.7 Å². The molecule has 2 aliphatic heterocycles. The van der Waals surface area contributed by atoms with Gasteiger partial charge in [0.25, 0.3) is 0 Å². The lowest BCUT2D eigenvalue weighted by Crippen LogP contribution is -2.61. The van der Waals surface area contributed by atoms with Crippen LogP contribution in [0.2, 0.25) is 0 Å². The van der Waals surface area contributed by atoms with E-state index in [0.29, 0.717) is 0 Å². The fourth-order valence-electron chi connectivity index (χ4n) is 2.34. The number of amides is 1. The van der Waals surface area contributed by atoms with Crippen molar-refractivity contribution in [1.29, 1.82) is 0 Å². The standard InChI is InChI=1S/C8H11NO5S/c1-5(10)9-2-6-8(3-9,7(11)12)4-15(6,13)14/h6H,2-4H2,1H3,(H,11,12)/t6-,8+/m1/s1. The molecule has 0 aromatic heterocycles. The number of hydrogen-bond donors (Lipinski definition) is 1. The van der Waals surface area contributed by atoms with Gasteiger partial charge in [-0.3, -0.25) is 9.59 Å². The number of carbonyl (C=O) groups excluding carboxylic acids is 1. The van der Waals surface area contributed by atoms with E-state index in [0.717, 1.165) is 0 Å². The first-order valence-corrected chi connectivity index (χ1v) is 6.22. The Balaban J connectivity index is 2.35. The third kappa shape index (κ3) is 1.19. The van der Waals surface area contributed by atoms with Crippen molar-refractivity contribution in [2.24, 2.45) is 5.41 Å². The van der Waals surface area contributed by atoms with Crippen LogP contribution in [0.4, 0.5) is 0 Å². The molecule has 2 atom stereocenters. The quantitative estimate of drug-likeness (QED) is 0.609. The van der Waals surface area contributed by atoms with Gasteiger partial charge in [-0.05, 0) is 0 Å². The summed E-state index contributed by atoms with van der Waals surface area (Å²) in [4.78, 5) is 23.4. The summed E-state index contributed by atoms with van der Waals surface area (Å²) >= 11 is 0. The summed E-state index contributed by atoms with van der Waals surface area (Å²) in [6.07, 6.45) is 0. The number of carboxylic acid groups (broad SMARTS) is 1.